The predicted octanol–water partition coefficient (Wildman–Crippen LogP) is 4.63. The van der Waals surface area contributed by atoms with E-state index in [1.807, 2.05) is 0 Å². The molecule has 2 fully saturated rings. The van der Waals surface area contributed by atoms with Crippen molar-refractivity contribution in [1.82, 2.24) is 15.2 Å². The summed E-state index contributed by atoms with van der Waals surface area (Å²) in [6.07, 6.45) is 3.71. The van der Waals surface area contributed by atoms with Gasteiger partial charge in [0.05, 0.1) is 15.4 Å². The third-order valence-corrected chi connectivity index (χ3v) is 8.00. The van der Waals surface area contributed by atoms with Gasteiger partial charge in [0.1, 0.15) is 24.7 Å². The molecule has 1 saturated heterocycles. The van der Waals surface area contributed by atoms with Gasteiger partial charge in [-0.3, -0.25) is 9.59 Å². The first-order valence-electron chi connectivity index (χ1n) is 12.3. The lowest BCUT2D eigenvalue weighted by atomic mass is 10.0. The monoisotopic (exact) mass is 507 g/mol. The van der Waals surface area contributed by atoms with Crippen molar-refractivity contribution >= 4 is 23.2 Å². The Morgan fingerprint density at radius 3 is 2.67 bits per heavy atom. The van der Waals surface area contributed by atoms with E-state index in [1.165, 1.54) is 23.5 Å². The highest BCUT2D eigenvalue weighted by molar-refractivity contribution is 7.15. The maximum absolute atomic E-state index is 13.7. The number of nitrogens with one attached hydrogen (secondary N) is 1. The Morgan fingerprint density at radius 1 is 1.06 bits per heavy atom. The van der Waals surface area contributed by atoms with Gasteiger partial charge in [0.2, 0.25) is 0 Å². The van der Waals surface area contributed by atoms with Crippen LogP contribution in [0.3, 0.4) is 0 Å². The average Bonchev–Trinajstić information content (AvgIpc) is 3.67. The van der Waals surface area contributed by atoms with Gasteiger partial charge >= 0.3 is 0 Å². The summed E-state index contributed by atoms with van der Waals surface area (Å²) in [5, 5.41) is 4.05. The molecule has 3 heterocycles. The first-order valence-corrected chi connectivity index (χ1v) is 13.1. The molecule has 1 saturated carbocycles. The van der Waals surface area contributed by atoms with Crippen molar-refractivity contribution in [1.29, 1.82) is 0 Å². The van der Waals surface area contributed by atoms with Crippen molar-refractivity contribution in [2.75, 3.05) is 26.3 Å². The minimum atomic E-state index is -0.315. The third kappa shape index (κ3) is 4.55. The number of hydrogen-bond donors (Lipinski definition) is 1. The molecule has 0 unspecified atom stereocenters. The fourth-order valence-electron chi connectivity index (χ4n) is 4.73. The zero-order valence-electron chi connectivity index (χ0n) is 19.7. The zero-order chi connectivity index (χ0) is 24.6. The fourth-order valence-corrected chi connectivity index (χ4v) is 5.96. The maximum Gasteiger partial charge on any atom is 0.274 e. The van der Waals surface area contributed by atoms with Crippen LogP contribution in [0.5, 0.6) is 11.5 Å². The number of fused-ring (bicyclic) bond motifs is 1. The maximum atomic E-state index is 13.7. The highest BCUT2D eigenvalue weighted by Gasteiger charge is 2.33. The summed E-state index contributed by atoms with van der Waals surface area (Å²) < 4.78 is 24.8. The lowest BCUT2D eigenvalue weighted by Gasteiger charge is -2.33. The molecular formula is C27H26FN3O4S. The van der Waals surface area contributed by atoms with E-state index in [0.29, 0.717) is 55.0 Å². The number of para-hydroxylation sites is 1. The summed E-state index contributed by atoms with van der Waals surface area (Å²) in [7, 11) is 0. The number of likely N-dealkylation sites (tertiary alicyclic amines) is 1. The van der Waals surface area contributed by atoms with E-state index in [1.54, 1.807) is 35.2 Å². The van der Waals surface area contributed by atoms with E-state index in [9.17, 15) is 14.0 Å². The molecule has 1 atom stereocenters. The predicted molar refractivity (Wildman–Crippen MR) is 133 cm³/mol. The van der Waals surface area contributed by atoms with E-state index in [4.69, 9.17) is 14.5 Å². The van der Waals surface area contributed by atoms with Crippen LogP contribution in [0.1, 0.15) is 57.5 Å². The molecule has 36 heavy (non-hydrogen) atoms. The molecule has 186 valence electrons. The molecule has 1 aliphatic carbocycles. The number of rotatable bonds is 5. The molecule has 2 amide bonds. The van der Waals surface area contributed by atoms with Gasteiger partial charge in [0.15, 0.2) is 11.5 Å². The lowest BCUT2D eigenvalue weighted by Crippen LogP contribution is -2.49. The lowest BCUT2D eigenvalue weighted by molar-refractivity contribution is 0.0670. The van der Waals surface area contributed by atoms with E-state index in [2.05, 4.69) is 5.32 Å². The van der Waals surface area contributed by atoms with Gasteiger partial charge in [-0.25, -0.2) is 9.37 Å². The number of hydrogen-bond acceptors (Lipinski definition) is 6. The molecule has 0 radical (unpaired) electrons. The van der Waals surface area contributed by atoms with Crippen molar-refractivity contribution in [3.63, 3.8) is 0 Å². The molecule has 2 aromatic carbocycles. The van der Waals surface area contributed by atoms with Crippen LogP contribution in [0.25, 0.3) is 10.4 Å². The van der Waals surface area contributed by atoms with Crippen LogP contribution in [0.15, 0.2) is 42.5 Å². The Morgan fingerprint density at radius 2 is 1.86 bits per heavy atom. The number of carbonyl (C=O) groups is 2. The number of amides is 2. The second-order valence-corrected chi connectivity index (χ2v) is 10.4. The van der Waals surface area contributed by atoms with Crippen LogP contribution < -0.4 is 14.8 Å². The topological polar surface area (TPSA) is 80.8 Å². The molecule has 0 spiro atoms. The van der Waals surface area contributed by atoms with Crippen LogP contribution in [0.2, 0.25) is 0 Å². The van der Waals surface area contributed by atoms with Crippen LogP contribution in [-0.2, 0) is 0 Å². The molecular weight excluding hydrogens is 481 g/mol. The van der Waals surface area contributed by atoms with Crippen molar-refractivity contribution in [2.24, 2.45) is 0 Å². The van der Waals surface area contributed by atoms with E-state index in [-0.39, 0.29) is 23.7 Å². The number of carbonyl (C=O) groups excluding carboxylic acids is 2. The second kappa shape index (κ2) is 9.54. The average molecular weight is 508 g/mol. The molecule has 6 rings (SSSR count). The Balaban J connectivity index is 1.20. The van der Waals surface area contributed by atoms with Gasteiger partial charge in [-0.05, 0) is 55.5 Å². The number of piperidine rings is 1. The molecule has 0 bridgehead atoms. The SMILES string of the molecule is O=C(N[C@@H]1CCCN(C(=O)c2nc(C3CC3)sc2-c2ccc(F)cc2)C1)c1cccc2c1OCCO2. The van der Waals surface area contributed by atoms with Gasteiger partial charge in [-0.2, -0.15) is 0 Å². The molecule has 3 aromatic rings. The zero-order valence-corrected chi connectivity index (χ0v) is 20.5. The van der Waals surface area contributed by atoms with Crippen molar-refractivity contribution in [2.45, 2.75) is 37.6 Å². The minimum absolute atomic E-state index is 0.148. The fraction of sp³-hybridized carbons (Fsp3) is 0.370. The first kappa shape index (κ1) is 23.0. The number of benzene rings is 2. The molecule has 9 heteroatoms. The summed E-state index contributed by atoms with van der Waals surface area (Å²) in [5.41, 5.74) is 1.65. The van der Waals surface area contributed by atoms with E-state index < -0.39 is 0 Å². The summed E-state index contributed by atoms with van der Waals surface area (Å²) in [6.45, 7) is 1.85. The Kier molecular flexibility index (Phi) is 6.08. The van der Waals surface area contributed by atoms with Crippen molar-refractivity contribution in [3.05, 3.63) is 64.5 Å². The van der Waals surface area contributed by atoms with Crippen LogP contribution >= 0.6 is 11.3 Å². The largest absolute Gasteiger partial charge is 0.486 e. The number of nitrogens with zero attached hydrogens (tertiary/aromatic N) is 2. The Bertz CT molecular complexity index is 1300. The van der Waals surface area contributed by atoms with Gasteiger partial charge in [-0.1, -0.05) is 18.2 Å². The van der Waals surface area contributed by atoms with Gasteiger partial charge < -0.3 is 19.7 Å². The van der Waals surface area contributed by atoms with Crippen molar-refractivity contribution in [3.8, 4) is 21.9 Å². The summed E-state index contributed by atoms with van der Waals surface area (Å²) >= 11 is 1.53. The number of halogens is 1. The van der Waals surface area contributed by atoms with Crippen LogP contribution in [0, 0.1) is 5.82 Å². The minimum Gasteiger partial charge on any atom is -0.486 e. The molecule has 3 aliphatic rings. The number of ether oxygens (including phenoxy) is 2. The van der Waals surface area contributed by atoms with Crippen molar-refractivity contribution < 1.29 is 23.5 Å². The smallest absolute Gasteiger partial charge is 0.274 e. The quantitative estimate of drug-likeness (QED) is 0.545. The van der Waals surface area contributed by atoms with Gasteiger partial charge in [0, 0.05) is 25.0 Å². The Hall–Kier alpha value is -3.46. The highest BCUT2D eigenvalue weighted by Crippen LogP contribution is 2.45. The summed E-state index contributed by atoms with van der Waals surface area (Å²) in [5.74, 6) is 0.734. The normalized spacial score (nSPS) is 19.1. The molecule has 7 nitrogen and oxygen atoms in total. The standard InChI is InChI=1S/C27H26FN3O4S/c28-18-10-8-16(9-11-18)24-22(30-26(36-24)17-6-7-17)27(33)31-12-2-3-19(15-31)29-25(32)20-4-1-5-21-23(20)35-14-13-34-21/h1,4-5,8-11,17,19H,2-3,6-7,12-15H2,(H,29,32)/t19-/m1/s1. The first-order chi connectivity index (χ1) is 17.6. The highest BCUT2D eigenvalue weighted by atomic mass is 32.1. The number of aromatic nitrogens is 1. The summed E-state index contributed by atoms with van der Waals surface area (Å²) in [6, 6.07) is 11.3. The Labute approximate surface area is 212 Å². The molecule has 1 N–H and O–H groups in total. The summed E-state index contributed by atoms with van der Waals surface area (Å²) in [4.78, 5) is 34.0. The van der Waals surface area contributed by atoms with Gasteiger partial charge in [0.25, 0.3) is 11.8 Å². The molecule has 2 aliphatic heterocycles. The van der Waals surface area contributed by atoms with E-state index in [0.717, 1.165) is 41.1 Å². The van der Waals surface area contributed by atoms with Crippen LogP contribution in [-0.4, -0.2) is 54.0 Å². The van der Waals surface area contributed by atoms with Gasteiger partial charge in [-0.15, -0.1) is 11.3 Å². The number of thiazole rings is 1. The second-order valence-electron chi connectivity index (χ2n) is 9.40. The van der Waals surface area contributed by atoms with E-state index >= 15 is 0 Å². The third-order valence-electron chi connectivity index (χ3n) is 6.73. The van der Waals surface area contributed by atoms with Crippen LogP contribution in [0.4, 0.5) is 4.39 Å². The molecule has 1 aromatic heterocycles.